The first-order chi connectivity index (χ1) is 15.8. The first-order valence-corrected chi connectivity index (χ1v) is 13.6. The van der Waals surface area contributed by atoms with E-state index in [-0.39, 0.29) is 22.4 Å². The third-order valence-electron chi connectivity index (χ3n) is 6.96. The zero-order valence-corrected chi connectivity index (χ0v) is 23.4. The Morgan fingerprint density at radius 1 is 0.545 bits per heavy atom. The van der Waals surface area contributed by atoms with Gasteiger partial charge in [0.15, 0.2) is 0 Å². The van der Waals surface area contributed by atoms with Gasteiger partial charge in [0, 0.05) is 0 Å². The summed E-state index contributed by atoms with van der Waals surface area (Å²) in [6.07, 6.45) is 13.7. The van der Waals surface area contributed by atoms with E-state index in [9.17, 15) is 0 Å². The largest absolute Gasteiger partial charge is 1.00 e. The van der Waals surface area contributed by atoms with E-state index in [4.69, 9.17) is 0 Å². The van der Waals surface area contributed by atoms with Crippen molar-refractivity contribution in [3.05, 3.63) is 108 Å². The van der Waals surface area contributed by atoms with Crippen molar-refractivity contribution in [2.75, 3.05) is 0 Å². The molecule has 0 aliphatic rings. The molecule has 3 aromatic carbocycles. The fourth-order valence-corrected chi connectivity index (χ4v) is 6.22. The topological polar surface area (TPSA) is 0 Å². The molecule has 0 radical (unpaired) electrons. The molecule has 0 saturated heterocycles. The van der Waals surface area contributed by atoms with E-state index in [1.807, 2.05) is 0 Å². The molecule has 0 spiro atoms. The fourth-order valence-electron chi connectivity index (χ4n) is 5.23. The predicted molar refractivity (Wildman–Crippen MR) is 146 cm³/mol. The molecule has 0 bridgehead atoms. The third-order valence-corrected chi connectivity index (χ3v) is 7.98. The van der Waals surface area contributed by atoms with Crippen LogP contribution in [0.2, 0.25) is 0 Å². The van der Waals surface area contributed by atoms with Gasteiger partial charge in [-0.1, -0.05) is 149 Å². The molecule has 3 rings (SSSR count). The van der Waals surface area contributed by atoms with E-state index in [0.717, 1.165) is 0 Å². The Morgan fingerprint density at radius 3 is 1.24 bits per heavy atom. The highest BCUT2D eigenvalue weighted by molar-refractivity contribution is 7.17. The van der Waals surface area contributed by atoms with Crippen molar-refractivity contribution in [1.82, 2.24) is 0 Å². The lowest BCUT2D eigenvalue weighted by atomic mass is 9.66. The smallest absolute Gasteiger partial charge is 0.0810 e. The van der Waals surface area contributed by atoms with Crippen LogP contribution in [0.15, 0.2) is 91.0 Å². The number of halogens is 1. The van der Waals surface area contributed by atoms with E-state index in [1.165, 1.54) is 80.9 Å². The van der Waals surface area contributed by atoms with Gasteiger partial charge in [0.05, 0.1) is 11.1 Å². The average molecular weight is 526 g/mol. The number of rotatable bonds is 14. The van der Waals surface area contributed by atoms with Crippen LogP contribution in [0.4, 0.5) is 0 Å². The van der Waals surface area contributed by atoms with Crippen LogP contribution in [0.3, 0.4) is 0 Å². The summed E-state index contributed by atoms with van der Waals surface area (Å²) in [5.74, 6) is 0. The molecule has 0 nitrogen and oxygen atoms in total. The molecule has 33 heavy (non-hydrogen) atoms. The number of benzene rings is 3. The van der Waals surface area contributed by atoms with Gasteiger partial charge < -0.3 is 17.0 Å². The van der Waals surface area contributed by atoms with Gasteiger partial charge in [0.2, 0.25) is 0 Å². The third kappa shape index (κ3) is 7.53. The minimum atomic E-state index is -0.109. The normalized spacial score (nSPS) is 12.3. The first-order valence-electron chi connectivity index (χ1n) is 12.8. The lowest BCUT2D eigenvalue weighted by Crippen LogP contribution is -3.00. The Morgan fingerprint density at radius 2 is 0.879 bits per heavy atom. The van der Waals surface area contributed by atoms with E-state index >= 15 is 0 Å². The lowest BCUT2D eigenvalue weighted by molar-refractivity contribution is -0.00000645. The molecule has 0 aliphatic carbocycles. The number of hydrogen-bond acceptors (Lipinski definition) is 0. The summed E-state index contributed by atoms with van der Waals surface area (Å²) < 4.78 is 0. The van der Waals surface area contributed by atoms with E-state index in [2.05, 4.69) is 107 Å². The molecule has 0 N–H and O–H groups in total. The predicted octanol–water partition coefficient (Wildman–Crippen LogP) is 5.92. The molecular weight excluding hydrogens is 483 g/mol. The summed E-state index contributed by atoms with van der Waals surface area (Å²) >= 11 is 0. The van der Waals surface area contributed by atoms with Crippen molar-refractivity contribution in [3.8, 4) is 0 Å². The SMILES string of the molecule is CCCCCCCCCCCC([PH3+])C(c1ccccc1)(c1ccccc1)c1ccccc1.[Br-]. The second kappa shape index (κ2) is 15.5. The maximum Gasteiger partial charge on any atom is 0.0810 e. The van der Waals surface area contributed by atoms with Crippen LogP contribution >= 0.6 is 9.24 Å². The van der Waals surface area contributed by atoms with Gasteiger partial charge in [-0.2, -0.15) is 0 Å². The molecule has 2 heteroatoms. The molecule has 0 fully saturated rings. The lowest BCUT2D eigenvalue weighted by Gasteiger charge is -2.38. The van der Waals surface area contributed by atoms with Gasteiger partial charge in [-0.15, -0.1) is 0 Å². The minimum Gasteiger partial charge on any atom is -1.00 e. The Kier molecular flexibility index (Phi) is 13.0. The van der Waals surface area contributed by atoms with Gasteiger partial charge in [-0.25, -0.2) is 0 Å². The highest BCUT2D eigenvalue weighted by atomic mass is 79.9. The van der Waals surface area contributed by atoms with Crippen molar-refractivity contribution < 1.29 is 17.0 Å². The molecule has 0 heterocycles. The summed E-state index contributed by atoms with van der Waals surface area (Å²) in [5, 5.41) is 0. The van der Waals surface area contributed by atoms with Crippen molar-refractivity contribution in [1.29, 1.82) is 0 Å². The number of hydrogen-bond donors (Lipinski definition) is 0. The summed E-state index contributed by atoms with van der Waals surface area (Å²) in [7, 11) is 2.21. The molecule has 178 valence electrons. The van der Waals surface area contributed by atoms with Crippen LogP contribution in [0, 0.1) is 0 Å². The maximum atomic E-state index is 2.33. The Labute approximate surface area is 215 Å². The van der Waals surface area contributed by atoms with E-state index < -0.39 is 0 Å². The van der Waals surface area contributed by atoms with Gasteiger partial charge in [-0.3, -0.25) is 0 Å². The molecule has 3 aromatic rings. The van der Waals surface area contributed by atoms with Crippen molar-refractivity contribution in [2.24, 2.45) is 0 Å². The average Bonchev–Trinajstić information content (AvgIpc) is 2.85. The summed E-state index contributed by atoms with van der Waals surface area (Å²) in [6, 6.07) is 33.6. The summed E-state index contributed by atoms with van der Waals surface area (Å²) in [6.45, 7) is 2.29. The molecule has 0 aliphatic heterocycles. The molecule has 2 atom stereocenters. The van der Waals surface area contributed by atoms with Crippen LogP contribution in [-0.2, 0) is 5.41 Å². The molecular formula is C31H42BrP. The Bertz CT molecular complexity index is 767. The van der Waals surface area contributed by atoms with Crippen LogP contribution in [0.1, 0.15) is 87.8 Å². The molecule has 0 amide bonds. The quantitative estimate of drug-likeness (QED) is 0.139. The van der Waals surface area contributed by atoms with Crippen LogP contribution in [-0.4, -0.2) is 5.66 Å². The summed E-state index contributed by atoms with van der Waals surface area (Å²) in [4.78, 5) is 0. The fraction of sp³-hybridized carbons (Fsp3) is 0.419. The molecule has 2 unspecified atom stereocenters. The van der Waals surface area contributed by atoms with Gasteiger partial charge in [-0.05, 0) is 38.8 Å². The highest BCUT2D eigenvalue weighted by Crippen LogP contribution is 2.46. The summed E-state index contributed by atoms with van der Waals surface area (Å²) in [5.41, 5.74) is 4.66. The first kappa shape index (κ1) is 27.8. The Hall–Kier alpha value is -1.43. The van der Waals surface area contributed by atoms with E-state index in [0.29, 0.717) is 5.66 Å². The zero-order chi connectivity index (χ0) is 22.5. The van der Waals surface area contributed by atoms with Gasteiger partial charge in [0.25, 0.3) is 0 Å². The zero-order valence-electron chi connectivity index (χ0n) is 20.4. The van der Waals surface area contributed by atoms with Gasteiger partial charge in [0.1, 0.15) is 0 Å². The van der Waals surface area contributed by atoms with E-state index in [1.54, 1.807) is 0 Å². The second-order valence-electron chi connectivity index (χ2n) is 9.22. The van der Waals surface area contributed by atoms with Crippen molar-refractivity contribution >= 4 is 9.24 Å². The Balaban J connectivity index is 0.00000385. The van der Waals surface area contributed by atoms with Gasteiger partial charge >= 0.3 is 0 Å². The molecule has 0 saturated carbocycles. The minimum absolute atomic E-state index is 0. The van der Waals surface area contributed by atoms with Crippen LogP contribution in [0.5, 0.6) is 0 Å². The standard InChI is InChI=1S/C31H41P.BrH/c1-2-3-4-5-6-7-8-9-19-26-30(32)31(27-20-13-10-14-21-27,28-22-15-11-16-23-28)29-24-17-12-18-25-29;/h10-18,20-25,30H,2-9,19,26,32H2,1H3;1H. The van der Waals surface area contributed by atoms with Crippen LogP contribution < -0.4 is 17.0 Å². The van der Waals surface area contributed by atoms with Crippen molar-refractivity contribution in [3.63, 3.8) is 0 Å². The highest BCUT2D eigenvalue weighted by Gasteiger charge is 2.44. The van der Waals surface area contributed by atoms with Crippen molar-refractivity contribution in [2.45, 2.75) is 82.2 Å². The van der Waals surface area contributed by atoms with Crippen LogP contribution in [0.25, 0.3) is 0 Å². The molecule has 0 aromatic heterocycles. The second-order valence-corrected chi connectivity index (χ2v) is 10.2. The number of unbranched alkanes of at least 4 members (excludes halogenated alkanes) is 8. The monoisotopic (exact) mass is 524 g/mol. The maximum absolute atomic E-state index is 2.33.